The summed E-state index contributed by atoms with van der Waals surface area (Å²) in [6.07, 6.45) is 7.60. The van der Waals surface area contributed by atoms with Crippen molar-refractivity contribution in [3.05, 3.63) is 261 Å². The first kappa shape index (κ1) is 40.5. The standard InChI is InChI=1S/C61H50N2/c1-3-5-27-54(4-2)62(56-36-30-48(31-37-56)46-19-10-6-11-20-46)57-40-34-50(35-41-57)52-25-18-26-53(44-52)60-43-42-59(45-61(60)51-23-14-8-15-24-51)63(55-28-16-9-17-29-55)58-38-32-49(33-39-58)47-21-12-7-13-22-47/h4-45H,3H2,1-2H3/b27-5-,54-4+. The molecule has 9 aromatic rings. The van der Waals surface area contributed by atoms with E-state index in [9.17, 15) is 0 Å². The quantitative estimate of drug-likeness (QED) is 0.107. The van der Waals surface area contributed by atoms with E-state index in [-0.39, 0.29) is 0 Å². The van der Waals surface area contributed by atoms with E-state index in [1.807, 2.05) is 0 Å². The second kappa shape index (κ2) is 19.2. The molecule has 0 amide bonds. The Kier molecular flexibility index (Phi) is 12.3. The van der Waals surface area contributed by atoms with Gasteiger partial charge < -0.3 is 9.80 Å². The Labute approximate surface area is 373 Å². The number of rotatable bonds is 13. The molecule has 0 heterocycles. The van der Waals surface area contributed by atoms with Crippen molar-refractivity contribution in [3.63, 3.8) is 0 Å². The van der Waals surface area contributed by atoms with Gasteiger partial charge in [0.2, 0.25) is 0 Å². The molecule has 0 aromatic heterocycles. The predicted octanol–water partition coefficient (Wildman–Crippen LogP) is 17.5. The van der Waals surface area contributed by atoms with E-state index in [0.717, 1.165) is 46.1 Å². The van der Waals surface area contributed by atoms with Crippen molar-refractivity contribution in [2.24, 2.45) is 0 Å². The van der Waals surface area contributed by atoms with Crippen molar-refractivity contribution < 1.29 is 0 Å². The lowest BCUT2D eigenvalue weighted by Crippen LogP contribution is -2.15. The number of nitrogens with zero attached hydrogens (tertiary/aromatic N) is 2. The van der Waals surface area contributed by atoms with Gasteiger partial charge in [0.25, 0.3) is 0 Å². The minimum atomic E-state index is 0.969. The van der Waals surface area contributed by atoms with Crippen LogP contribution in [0.4, 0.5) is 28.4 Å². The highest BCUT2D eigenvalue weighted by molar-refractivity contribution is 5.90. The molecule has 9 rings (SSSR count). The summed E-state index contributed by atoms with van der Waals surface area (Å²) in [6.45, 7) is 4.29. The van der Waals surface area contributed by atoms with Gasteiger partial charge in [-0.3, -0.25) is 0 Å². The first-order chi connectivity index (χ1) is 31.2. The van der Waals surface area contributed by atoms with Gasteiger partial charge in [0, 0.05) is 34.1 Å². The van der Waals surface area contributed by atoms with Crippen LogP contribution in [0.3, 0.4) is 0 Å². The van der Waals surface area contributed by atoms with Crippen molar-refractivity contribution in [2.45, 2.75) is 20.3 Å². The van der Waals surface area contributed by atoms with Crippen molar-refractivity contribution in [3.8, 4) is 55.6 Å². The average Bonchev–Trinajstić information content (AvgIpc) is 3.37. The molecule has 9 aromatic carbocycles. The predicted molar refractivity (Wildman–Crippen MR) is 270 cm³/mol. The lowest BCUT2D eigenvalue weighted by Gasteiger charge is -2.27. The van der Waals surface area contributed by atoms with E-state index in [4.69, 9.17) is 0 Å². The Morgan fingerprint density at radius 2 is 0.762 bits per heavy atom. The van der Waals surface area contributed by atoms with Gasteiger partial charge in [0.1, 0.15) is 0 Å². The van der Waals surface area contributed by atoms with Gasteiger partial charge in [-0.15, -0.1) is 0 Å². The van der Waals surface area contributed by atoms with E-state index in [1.165, 1.54) is 50.1 Å². The molecule has 0 unspecified atom stereocenters. The molecule has 0 fully saturated rings. The topological polar surface area (TPSA) is 6.48 Å². The molecule has 63 heavy (non-hydrogen) atoms. The maximum atomic E-state index is 2.35. The van der Waals surface area contributed by atoms with Gasteiger partial charge >= 0.3 is 0 Å². The molecular weight excluding hydrogens is 761 g/mol. The van der Waals surface area contributed by atoms with E-state index in [1.54, 1.807) is 0 Å². The smallest absolute Gasteiger partial charge is 0.0468 e. The molecule has 0 radical (unpaired) electrons. The van der Waals surface area contributed by atoms with Gasteiger partial charge in [-0.1, -0.05) is 189 Å². The van der Waals surface area contributed by atoms with Crippen molar-refractivity contribution in [1.29, 1.82) is 0 Å². The third kappa shape index (κ3) is 9.08. The largest absolute Gasteiger partial charge is 0.311 e. The zero-order valence-electron chi connectivity index (χ0n) is 35.9. The number of para-hydroxylation sites is 1. The highest BCUT2D eigenvalue weighted by Crippen LogP contribution is 2.42. The average molecular weight is 811 g/mol. The third-order valence-electron chi connectivity index (χ3n) is 11.5. The number of hydrogen-bond acceptors (Lipinski definition) is 2. The minimum absolute atomic E-state index is 0.969. The Morgan fingerprint density at radius 3 is 1.29 bits per heavy atom. The van der Waals surface area contributed by atoms with Crippen molar-refractivity contribution in [1.82, 2.24) is 0 Å². The monoisotopic (exact) mass is 810 g/mol. The molecule has 0 aliphatic rings. The Hall–Kier alpha value is -7.94. The van der Waals surface area contributed by atoms with E-state index >= 15 is 0 Å². The van der Waals surface area contributed by atoms with Crippen LogP contribution in [-0.4, -0.2) is 0 Å². The van der Waals surface area contributed by atoms with Gasteiger partial charge in [0.05, 0.1) is 0 Å². The summed E-state index contributed by atoms with van der Waals surface area (Å²) in [7, 11) is 0. The zero-order chi connectivity index (χ0) is 42.8. The van der Waals surface area contributed by atoms with Crippen LogP contribution in [0.1, 0.15) is 20.3 Å². The molecule has 0 spiro atoms. The summed E-state index contributed by atoms with van der Waals surface area (Å²) < 4.78 is 0. The molecule has 0 saturated heterocycles. The van der Waals surface area contributed by atoms with Gasteiger partial charge in [-0.2, -0.15) is 0 Å². The van der Waals surface area contributed by atoms with Crippen molar-refractivity contribution >= 4 is 28.4 Å². The molecule has 2 nitrogen and oxygen atoms in total. The molecule has 304 valence electrons. The summed E-state index contributed by atoms with van der Waals surface area (Å²) in [5, 5.41) is 0. The molecule has 2 heteroatoms. The highest BCUT2D eigenvalue weighted by Gasteiger charge is 2.18. The van der Waals surface area contributed by atoms with Gasteiger partial charge in [-0.25, -0.2) is 0 Å². The lowest BCUT2D eigenvalue weighted by molar-refractivity contribution is 1.17. The normalized spacial score (nSPS) is 11.4. The summed E-state index contributed by atoms with van der Waals surface area (Å²) in [5.41, 5.74) is 18.5. The molecule has 0 atom stereocenters. The number of anilines is 5. The Morgan fingerprint density at radius 1 is 0.349 bits per heavy atom. The fraction of sp³-hybridized carbons (Fsp3) is 0.0492. The zero-order valence-corrected chi connectivity index (χ0v) is 35.9. The molecule has 0 N–H and O–H groups in total. The van der Waals surface area contributed by atoms with Gasteiger partial charge in [-0.05, 0) is 142 Å². The summed E-state index contributed by atoms with van der Waals surface area (Å²) in [5.74, 6) is 0. The maximum absolute atomic E-state index is 2.35. The fourth-order valence-electron chi connectivity index (χ4n) is 8.33. The summed E-state index contributed by atoms with van der Waals surface area (Å²) in [6, 6.07) is 85.1. The van der Waals surface area contributed by atoms with Crippen LogP contribution in [0, 0.1) is 0 Å². The highest BCUT2D eigenvalue weighted by atomic mass is 15.1. The van der Waals surface area contributed by atoms with Crippen LogP contribution < -0.4 is 9.80 Å². The maximum Gasteiger partial charge on any atom is 0.0468 e. The summed E-state index contributed by atoms with van der Waals surface area (Å²) >= 11 is 0. The first-order valence-electron chi connectivity index (χ1n) is 21.9. The van der Waals surface area contributed by atoms with Crippen molar-refractivity contribution in [2.75, 3.05) is 9.80 Å². The molecular formula is C61H50N2. The van der Waals surface area contributed by atoms with Gasteiger partial charge in [0.15, 0.2) is 0 Å². The number of benzene rings is 9. The van der Waals surface area contributed by atoms with Crippen LogP contribution in [0.25, 0.3) is 55.6 Å². The lowest BCUT2D eigenvalue weighted by atomic mass is 9.91. The molecule has 0 bridgehead atoms. The first-order valence-corrected chi connectivity index (χ1v) is 21.9. The second-order valence-corrected chi connectivity index (χ2v) is 15.6. The van der Waals surface area contributed by atoms with E-state index in [2.05, 4.69) is 278 Å². The van der Waals surface area contributed by atoms with E-state index < -0.39 is 0 Å². The van der Waals surface area contributed by atoms with Crippen LogP contribution in [0.5, 0.6) is 0 Å². The van der Waals surface area contributed by atoms with Crippen LogP contribution >= 0.6 is 0 Å². The van der Waals surface area contributed by atoms with E-state index in [0.29, 0.717) is 0 Å². The second-order valence-electron chi connectivity index (χ2n) is 15.6. The molecule has 0 saturated carbocycles. The van der Waals surface area contributed by atoms with Crippen LogP contribution in [0.15, 0.2) is 261 Å². The Balaban J connectivity index is 1.07. The third-order valence-corrected chi connectivity index (χ3v) is 11.5. The number of hydrogen-bond donors (Lipinski definition) is 0. The minimum Gasteiger partial charge on any atom is -0.311 e. The number of allylic oxidation sites excluding steroid dienone is 3. The SMILES string of the molecule is C/C=C(\C=C/CC)N(c1ccc(-c2ccccc2)cc1)c1ccc(-c2cccc(-c3ccc(N(c4ccccc4)c4ccc(-c5ccccc5)cc4)cc3-c3ccccc3)c2)cc1. The fourth-order valence-corrected chi connectivity index (χ4v) is 8.33. The molecule has 0 aliphatic carbocycles. The van der Waals surface area contributed by atoms with Crippen LogP contribution in [-0.2, 0) is 0 Å². The molecule has 0 aliphatic heterocycles. The summed E-state index contributed by atoms with van der Waals surface area (Å²) in [4.78, 5) is 4.69. The van der Waals surface area contributed by atoms with Crippen LogP contribution in [0.2, 0.25) is 0 Å². The Bertz CT molecular complexity index is 2930.